The number of ketones is 1. The number of benzene rings is 2. The molecule has 0 aromatic heterocycles. The lowest BCUT2D eigenvalue weighted by molar-refractivity contribution is -0.118. The highest BCUT2D eigenvalue weighted by molar-refractivity contribution is 6.23. The Balaban J connectivity index is 2.17. The first-order chi connectivity index (χ1) is 12.0. The van der Waals surface area contributed by atoms with Crippen molar-refractivity contribution < 1.29 is 14.3 Å². The molecule has 0 bridgehead atoms. The van der Waals surface area contributed by atoms with Crippen LogP contribution in [0.5, 0.6) is 5.75 Å². The molecule has 1 N–H and O–H groups in total. The molecule has 0 radical (unpaired) electrons. The molecule has 25 heavy (non-hydrogen) atoms. The molecule has 2 aromatic carbocycles. The molecule has 128 valence electrons. The van der Waals surface area contributed by atoms with Crippen LogP contribution in [-0.2, 0) is 9.59 Å². The van der Waals surface area contributed by atoms with Crippen LogP contribution in [0.15, 0.2) is 66.3 Å². The molecule has 0 aliphatic carbocycles. The third-order valence-corrected chi connectivity index (χ3v) is 3.61. The van der Waals surface area contributed by atoms with Crippen LogP contribution in [0.4, 0.5) is 5.69 Å². The Morgan fingerprint density at radius 2 is 1.72 bits per heavy atom. The van der Waals surface area contributed by atoms with Crippen molar-refractivity contribution in [3.05, 3.63) is 77.4 Å². The molecule has 0 heterocycles. The van der Waals surface area contributed by atoms with Gasteiger partial charge < -0.3 is 10.1 Å². The minimum atomic E-state index is -0.430. The molecule has 0 saturated carbocycles. The number of ether oxygens (including phenoxy) is 1. The molecule has 0 unspecified atom stereocenters. The molecule has 2 aromatic rings. The number of anilines is 1. The van der Waals surface area contributed by atoms with Crippen LogP contribution < -0.4 is 10.1 Å². The molecule has 0 aliphatic heterocycles. The van der Waals surface area contributed by atoms with Gasteiger partial charge in [-0.25, -0.2) is 0 Å². The first-order valence-electron chi connectivity index (χ1n) is 7.91. The molecule has 0 spiro atoms. The monoisotopic (exact) mass is 335 g/mol. The van der Waals surface area contributed by atoms with Crippen molar-refractivity contribution in [1.82, 2.24) is 0 Å². The maximum Gasteiger partial charge on any atom is 0.259 e. The minimum Gasteiger partial charge on any atom is -0.496 e. The third-order valence-electron chi connectivity index (χ3n) is 3.61. The zero-order valence-corrected chi connectivity index (χ0v) is 14.6. The van der Waals surface area contributed by atoms with E-state index in [1.807, 2.05) is 43.3 Å². The Bertz CT molecular complexity index is 817. The van der Waals surface area contributed by atoms with E-state index < -0.39 is 5.91 Å². The van der Waals surface area contributed by atoms with Gasteiger partial charge >= 0.3 is 0 Å². The number of Topliss-reactive ketones (excluding diaryl/α,β-unsaturated/α-hetero) is 1. The first kappa shape index (κ1) is 18.2. The number of allylic oxidation sites excluding steroid dienone is 2. The second-order valence-electron chi connectivity index (χ2n) is 5.56. The zero-order valence-electron chi connectivity index (χ0n) is 14.6. The Hall–Kier alpha value is -3.14. The second-order valence-corrected chi connectivity index (χ2v) is 5.56. The quantitative estimate of drug-likeness (QED) is 0.373. The van der Waals surface area contributed by atoms with Crippen molar-refractivity contribution in [3.8, 4) is 5.75 Å². The number of hydrogen-bond acceptors (Lipinski definition) is 3. The molecule has 2 rings (SSSR count). The van der Waals surface area contributed by atoms with Crippen LogP contribution in [0.2, 0.25) is 0 Å². The van der Waals surface area contributed by atoms with Gasteiger partial charge in [0, 0.05) is 11.3 Å². The molecule has 0 atom stereocenters. The van der Waals surface area contributed by atoms with Crippen molar-refractivity contribution in [2.24, 2.45) is 0 Å². The van der Waals surface area contributed by atoms with Gasteiger partial charge in [-0.2, -0.15) is 0 Å². The van der Waals surface area contributed by atoms with Crippen molar-refractivity contribution in [2.45, 2.75) is 13.8 Å². The summed E-state index contributed by atoms with van der Waals surface area (Å²) >= 11 is 0. The summed E-state index contributed by atoms with van der Waals surface area (Å²) in [6.07, 6.45) is 4.97. The summed E-state index contributed by atoms with van der Waals surface area (Å²) in [5.74, 6) is -0.00375. The van der Waals surface area contributed by atoms with Gasteiger partial charge in [0.05, 0.1) is 12.7 Å². The average molecular weight is 335 g/mol. The number of amides is 1. The van der Waals surface area contributed by atoms with E-state index >= 15 is 0 Å². The largest absolute Gasteiger partial charge is 0.496 e. The fraction of sp³-hybridized carbons (Fsp3) is 0.143. The van der Waals surface area contributed by atoms with E-state index in [0.29, 0.717) is 5.69 Å². The van der Waals surface area contributed by atoms with Crippen molar-refractivity contribution in [1.29, 1.82) is 0 Å². The van der Waals surface area contributed by atoms with Crippen molar-refractivity contribution >= 4 is 23.5 Å². The molecule has 0 fully saturated rings. The lowest BCUT2D eigenvalue weighted by Gasteiger charge is -2.06. The summed E-state index contributed by atoms with van der Waals surface area (Å²) in [6, 6.07) is 14.9. The zero-order chi connectivity index (χ0) is 18.2. The van der Waals surface area contributed by atoms with E-state index in [1.165, 1.54) is 13.0 Å². The normalized spacial score (nSPS) is 11.4. The van der Waals surface area contributed by atoms with Crippen LogP contribution >= 0.6 is 0 Å². The van der Waals surface area contributed by atoms with Crippen molar-refractivity contribution in [3.63, 3.8) is 0 Å². The second kappa shape index (κ2) is 8.64. The van der Waals surface area contributed by atoms with Crippen LogP contribution in [-0.4, -0.2) is 18.8 Å². The summed E-state index contributed by atoms with van der Waals surface area (Å²) in [7, 11) is 1.60. The van der Waals surface area contributed by atoms with Gasteiger partial charge in [-0.05, 0) is 38.1 Å². The molecule has 4 heteroatoms. The fourth-order valence-corrected chi connectivity index (χ4v) is 2.24. The molecular weight excluding hydrogens is 314 g/mol. The lowest BCUT2D eigenvalue weighted by Crippen LogP contribution is -2.18. The van der Waals surface area contributed by atoms with Gasteiger partial charge in [0.25, 0.3) is 5.91 Å². The Morgan fingerprint density at radius 3 is 2.36 bits per heavy atom. The number of carbonyl (C=O) groups excluding carboxylic acids is 2. The summed E-state index contributed by atoms with van der Waals surface area (Å²) in [6.45, 7) is 3.34. The minimum absolute atomic E-state index is 0.0896. The van der Waals surface area contributed by atoms with E-state index in [1.54, 1.807) is 31.4 Å². The predicted molar refractivity (Wildman–Crippen MR) is 101 cm³/mol. The standard InChI is InChI=1S/C21H21NO3/c1-15-11-13-18(14-12-15)22-21(24)19(16(2)23)9-6-8-17-7-4-5-10-20(17)25-3/h4-14H,1-3H3,(H,22,24)/b8-6+,19-9-. The van der Waals surface area contributed by atoms with Crippen LogP contribution in [0.3, 0.4) is 0 Å². The van der Waals surface area contributed by atoms with E-state index in [9.17, 15) is 9.59 Å². The fourth-order valence-electron chi connectivity index (χ4n) is 2.24. The summed E-state index contributed by atoms with van der Waals surface area (Å²) in [5, 5.41) is 2.74. The van der Waals surface area contributed by atoms with Crippen LogP contribution in [0.1, 0.15) is 18.1 Å². The average Bonchev–Trinajstić information content (AvgIpc) is 2.60. The van der Waals surface area contributed by atoms with Gasteiger partial charge in [0.15, 0.2) is 5.78 Å². The number of hydrogen-bond donors (Lipinski definition) is 1. The molecule has 1 amide bonds. The van der Waals surface area contributed by atoms with E-state index in [4.69, 9.17) is 4.74 Å². The molecule has 4 nitrogen and oxygen atoms in total. The number of carbonyl (C=O) groups is 2. The summed E-state index contributed by atoms with van der Waals surface area (Å²) in [5.41, 5.74) is 2.70. The third kappa shape index (κ3) is 5.18. The number of aryl methyl sites for hydroxylation is 1. The van der Waals surface area contributed by atoms with E-state index in [-0.39, 0.29) is 11.4 Å². The van der Waals surface area contributed by atoms with Gasteiger partial charge in [-0.3, -0.25) is 9.59 Å². The first-order valence-corrected chi connectivity index (χ1v) is 7.91. The summed E-state index contributed by atoms with van der Waals surface area (Å²) < 4.78 is 5.27. The van der Waals surface area contributed by atoms with Gasteiger partial charge in [-0.1, -0.05) is 48.0 Å². The summed E-state index contributed by atoms with van der Waals surface area (Å²) in [4.78, 5) is 24.2. The highest BCUT2D eigenvalue weighted by Crippen LogP contribution is 2.19. The van der Waals surface area contributed by atoms with Crippen molar-refractivity contribution in [2.75, 3.05) is 12.4 Å². The molecule has 0 saturated heterocycles. The van der Waals surface area contributed by atoms with Crippen LogP contribution in [0.25, 0.3) is 6.08 Å². The van der Waals surface area contributed by atoms with Gasteiger partial charge in [0.1, 0.15) is 5.75 Å². The molecule has 0 aliphatic rings. The Kier molecular flexibility index (Phi) is 6.29. The highest BCUT2D eigenvalue weighted by Gasteiger charge is 2.13. The maximum absolute atomic E-state index is 12.3. The number of methoxy groups -OCH3 is 1. The maximum atomic E-state index is 12.3. The number of nitrogens with one attached hydrogen (secondary N) is 1. The Labute approximate surface area is 147 Å². The molecular formula is C21H21NO3. The van der Waals surface area contributed by atoms with Gasteiger partial charge in [0.2, 0.25) is 0 Å². The predicted octanol–water partition coefficient (Wildman–Crippen LogP) is 4.17. The SMILES string of the molecule is COc1ccccc1/C=C/C=C(/C(C)=O)C(=O)Nc1ccc(C)cc1. The smallest absolute Gasteiger partial charge is 0.259 e. The van der Waals surface area contributed by atoms with Gasteiger partial charge in [-0.15, -0.1) is 0 Å². The Morgan fingerprint density at radius 1 is 1.04 bits per heavy atom. The number of rotatable bonds is 6. The van der Waals surface area contributed by atoms with Crippen LogP contribution in [0, 0.1) is 6.92 Å². The topological polar surface area (TPSA) is 55.4 Å². The lowest BCUT2D eigenvalue weighted by atomic mass is 10.1. The van der Waals surface area contributed by atoms with E-state index in [0.717, 1.165) is 16.9 Å². The van der Waals surface area contributed by atoms with E-state index in [2.05, 4.69) is 5.32 Å². The highest BCUT2D eigenvalue weighted by atomic mass is 16.5. The number of para-hydroxylation sites is 1.